The zero-order chi connectivity index (χ0) is 14.7. The van der Waals surface area contributed by atoms with Gasteiger partial charge in [-0.1, -0.05) is 39.3 Å². The molecule has 1 aromatic heterocycles. The Morgan fingerprint density at radius 2 is 1.80 bits per heavy atom. The van der Waals surface area contributed by atoms with Crippen LogP contribution in [0.3, 0.4) is 0 Å². The summed E-state index contributed by atoms with van der Waals surface area (Å²) in [5.41, 5.74) is 2.28. The fourth-order valence-electron chi connectivity index (χ4n) is 2.46. The van der Waals surface area contributed by atoms with Crippen molar-refractivity contribution in [2.45, 2.75) is 40.5 Å². The second kappa shape index (κ2) is 6.45. The molecule has 20 heavy (non-hydrogen) atoms. The summed E-state index contributed by atoms with van der Waals surface area (Å²) in [4.78, 5) is 0. The van der Waals surface area contributed by atoms with E-state index in [1.807, 2.05) is 0 Å². The molecule has 1 N–H and O–H groups in total. The summed E-state index contributed by atoms with van der Waals surface area (Å²) < 4.78 is 6.01. The summed E-state index contributed by atoms with van der Waals surface area (Å²) in [6.45, 7) is 13.3. The van der Waals surface area contributed by atoms with Crippen molar-refractivity contribution in [2.24, 2.45) is 11.8 Å². The quantitative estimate of drug-likeness (QED) is 0.823. The number of hydrogen-bond donors (Lipinski definition) is 1. The van der Waals surface area contributed by atoms with E-state index in [-0.39, 0.29) is 0 Å². The van der Waals surface area contributed by atoms with E-state index < -0.39 is 0 Å². The molecule has 110 valence electrons. The van der Waals surface area contributed by atoms with E-state index in [9.17, 15) is 0 Å². The molecule has 2 atom stereocenters. The predicted molar refractivity (Wildman–Crippen MR) is 86.2 cm³/mol. The molecule has 2 aromatic rings. The molecule has 0 amide bonds. The van der Waals surface area contributed by atoms with Crippen LogP contribution in [0.4, 0.5) is 0 Å². The molecule has 2 unspecified atom stereocenters. The third-order valence-electron chi connectivity index (χ3n) is 4.01. The van der Waals surface area contributed by atoms with Gasteiger partial charge < -0.3 is 9.73 Å². The van der Waals surface area contributed by atoms with Crippen molar-refractivity contribution < 1.29 is 4.42 Å². The fourth-order valence-corrected chi connectivity index (χ4v) is 2.46. The first-order valence-electron chi connectivity index (χ1n) is 7.68. The third-order valence-corrected chi connectivity index (χ3v) is 4.01. The second-order valence-electron chi connectivity index (χ2n) is 6.51. The largest absolute Gasteiger partial charge is 0.461 e. The first-order valence-corrected chi connectivity index (χ1v) is 7.68. The summed E-state index contributed by atoms with van der Waals surface area (Å²) in [7, 11) is 0. The van der Waals surface area contributed by atoms with Gasteiger partial charge in [0.25, 0.3) is 0 Å². The van der Waals surface area contributed by atoms with E-state index in [2.05, 4.69) is 64.2 Å². The topological polar surface area (TPSA) is 25.2 Å². The van der Waals surface area contributed by atoms with Gasteiger partial charge in [-0.3, -0.25) is 0 Å². The lowest BCUT2D eigenvalue weighted by molar-refractivity contribution is 0.383. The summed E-state index contributed by atoms with van der Waals surface area (Å²) in [5.74, 6) is 2.80. The highest BCUT2D eigenvalue weighted by Gasteiger charge is 2.18. The van der Waals surface area contributed by atoms with E-state index in [1.165, 1.54) is 10.9 Å². The Bertz CT molecular complexity index is 556. The van der Waals surface area contributed by atoms with Crippen LogP contribution in [0.5, 0.6) is 0 Å². The number of furan rings is 1. The molecule has 0 aliphatic carbocycles. The van der Waals surface area contributed by atoms with Crippen LogP contribution in [0.2, 0.25) is 0 Å². The minimum Gasteiger partial charge on any atom is -0.461 e. The lowest BCUT2D eigenvalue weighted by atomic mass is 9.93. The number of hydrogen-bond acceptors (Lipinski definition) is 2. The maximum Gasteiger partial charge on any atom is 0.134 e. The van der Waals surface area contributed by atoms with Crippen molar-refractivity contribution in [2.75, 3.05) is 13.1 Å². The van der Waals surface area contributed by atoms with Crippen LogP contribution >= 0.6 is 0 Å². The number of rotatable bonds is 6. The van der Waals surface area contributed by atoms with Gasteiger partial charge in [-0.15, -0.1) is 0 Å². The normalized spacial score (nSPS) is 14.9. The van der Waals surface area contributed by atoms with Crippen LogP contribution in [-0.4, -0.2) is 13.1 Å². The van der Waals surface area contributed by atoms with Crippen LogP contribution < -0.4 is 5.32 Å². The van der Waals surface area contributed by atoms with Crippen LogP contribution in [0.1, 0.15) is 44.9 Å². The van der Waals surface area contributed by atoms with Crippen LogP contribution in [0.25, 0.3) is 11.0 Å². The van der Waals surface area contributed by atoms with Gasteiger partial charge in [-0.05, 0) is 50.0 Å². The molecule has 0 fully saturated rings. The van der Waals surface area contributed by atoms with Gasteiger partial charge in [0.05, 0.1) is 0 Å². The molecular weight excluding hydrogens is 246 g/mol. The molecule has 0 saturated heterocycles. The fraction of sp³-hybridized carbons (Fsp3) is 0.556. The molecule has 2 heteroatoms. The van der Waals surface area contributed by atoms with E-state index in [1.54, 1.807) is 0 Å². The van der Waals surface area contributed by atoms with Crippen LogP contribution in [0, 0.1) is 18.8 Å². The summed E-state index contributed by atoms with van der Waals surface area (Å²) >= 11 is 0. The zero-order valence-corrected chi connectivity index (χ0v) is 13.4. The maximum absolute atomic E-state index is 6.01. The second-order valence-corrected chi connectivity index (χ2v) is 6.51. The zero-order valence-electron chi connectivity index (χ0n) is 13.4. The van der Waals surface area contributed by atoms with Crippen molar-refractivity contribution in [1.82, 2.24) is 5.32 Å². The van der Waals surface area contributed by atoms with E-state index in [0.717, 1.165) is 24.4 Å². The minimum absolute atomic E-state index is 0.433. The minimum atomic E-state index is 0.433. The highest BCUT2D eigenvalue weighted by molar-refractivity contribution is 5.78. The van der Waals surface area contributed by atoms with Crippen molar-refractivity contribution in [3.63, 3.8) is 0 Å². The highest BCUT2D eigenvalue weighted by Crippen LogP contribution is 2.30. The molecule has 0 aliphatic rings. The molecule has 0 spiro atoms. The Balaban J connectivity index is 2.04. The first-order chi connectivity index (χ1) is 9.47. The number of nitrogens with one attached hydrogen (secondary N) is 1. The van der Waals surface area contributed by atoms with Crippen molar-refractivity contribution >= 4 is 11.0 Å². The Labute approximate surface area is 122 Å². The lowest BCUT2D eigenvalue weighted by Gasteiger charge is -2.19. The van der Waals surface area contributed by atoms with Crippen molar-refractivity contribution in [1.29, 1.82) is 0 Å². The van der Waals surface area contributed by atoms with Gasteiger partial charge >= 0.3 is 0 Å². The molecule has 0 radical (unpaired) electrons. The molecular formula is C18H27NO. The highest BCUT2D eigenvalue weighted by atomic mass is 16.3. The summed E-state index contributed by atoms with van der Waals surface area (Å²) in [6, 6.07) is 8.57. The number of aryl methyl sites for hydroxylation is 1. The Hall–Kier alpha value is -1.28. The summed E-state index contributed by atoms with van der Waals surface area (Å²) in [5, 5.41) is 4.75. The van der Waals surface area contributed by atoms with Gasteiger partial charge in [-0.2, -0.15) is 0 Å². The SMILES string of the molecule is Cc1ccc2oc(C(C)C(C)CNCC(C)C)cc2c1. The molecule has 2 rings (SSSR count). The Morgan fingerprint density at radius 1 is 1.05 bits per heavy atom. The summed E-state index contributed by atoms with van der Waals surface area (Å²) in [6.07, 6.45) is 0. The average molecular weight is 273 g/mol. The third kappa shape index (κ3) is 3.63. The standard InChI is InChI=1S/C18H27NO/c1-12(2)10-19-11-14(4)15(5)18-9-16-8-13(3)6-7-17(16)20-18/h6-9,12,14-15,19H,10-11H2,1-5H3. The van der Waals surface area contributed by atoms with E-state index >= 15 is 0 Å². The molecule has 2 nitrogen and oxygen atoms in total. The van der Waals surface area contributed by atoms with Crippen LogP contribution in [0.15, 0.2) is 28.7 Å². The van der Waals surface area contributed by atoms with Crippen molar-refractivity contribution in [3.05, 3.63) is 35.6 Å². The Morgan fingerprint density at radius 3 is 2.50 bits per heavy atom. The molecule has 0 aliphatic heterocycles. The first kappa shape index (κ1) is 15.1. The van der Waals surface area contributed by atoms with Gasteiger partial charge in [0.15, 0.2) is 0 Å². The van der Waals surface area contributed by atoms with Gasteiger partial charge in [-0.25, -0.2) is 0 Å². The predicted octanol–water partition coefficient (Wildman–Crippen LogP) is 4.73. The molecule has 0 saturated carbocycles. The Kier molecular flexibility index (Phi) is 4.87. The van der Waals surface area contributed by atoms with E-state index in [0.29, 0.717) is 17.8 Å². The molecule has 0 bridgehead atoms. The number of benzene rings is 1. The van der Waals surface area contributed by atoms with Gasteiger partial charge in [0.2, 0.25) is 0 Å². The maximum atomic E-state index is 6.01. The monoisotopic (exact) mass is 273 g/mol. The van der Waals surface area contributed by atoms with Gasteiger partial charge in [0.1, 0.15) is 11.3 Å². The lowest BCUT2D eigenvalue weighted by Crippen LogP contribution is -2.27. The number of fused-ring (bicyclic) bond motifs is 1. The smallest absolute Gasteiger partial charge is 0.134 e. The molecule has 1 heterocycles. The van der Waals surface area contributed by atoms with Crippen LogP contribution in [-0.2, 0) is 0 Å². The van der Waals surface area contributed by atoms with Crippen molar-refractivity contribution in [3.8, 4) is 0 Å². The van der Waals surface area contributed by atoms with Gasteiger partial charge in [0, 0.05) is 11.3 Å². The molecule has 1 aromatic carbocycles. The average Bonchev–Trinajstić information content (AvgIpc) is 2.80. The van der Waals surface area contributed by atoms with E-state index in [4.69, 9.17) is 4.42 Å².